The topological polar surface area (TPSA) is 114 Å². The van der Waals surface area contributed by atoms with E-state index in [1.54, 1.807) is 48.5 Å². The maximum atomic E-state index is 13.0. The van der Waals surface area contributed by atoms with Crippen LogP contribution in [0.5, 0.6) is 17.2 Å². The predicted octanol–water partition coefficient (Wildman–Crippen LogP) is 11.4. The summed E-state index contributed by atoms with van der Waals surface area (Å²) in [6, 6.07) is 13.6. The van der Waals surface area contributed by atoms with E-state index >= 15 is 0 Å². The van der Waals surface area contributed by atoms with Crippen LogP contribution in [0.4, 0.5) is 0 Å². The fraction of sp³-hybridized carbons (Fsp3) is 0.660. The van der Waals surface area contributed by atoms with Crippen LogP contribution in [0.1, 0.15) is 165 Å². The van der Waals surface area contributed by atoms with E-state index in [4.69, 9.17) is 23.7 Å². The Morgan fingerprint density at radius 3 is 1.61 bits per heavy atom. The highest BCUT2D eigenvalue weighted by Crippen LogP contribution is 2.42. The average Bonchev–Trinajstić information content (AvgIpc) is 3.22. The number of ether oxygens (including phenoxy) is 5. The van der Waals surface area contributed by atoms with Gasteiger partial charge in [-0.25, -0.2) is 4.79 Å². The summed E-state index contributed by atoms with van der Waals surface area (Å²) in [7, 11) is 0. The molecule has 2 fully saturated rings. The van der Waals surface area contributed by atoms with Crippen LogP contribution in [0, 0.1) is 23.7 Å². The van der Waals surface area contributed by atoms with E-state index in [1.165, 1.54) is 51.4 Å². The van der Waals surface area contributed by atoms with E-state index in [9.17, 15) is 19.2 Å². The van der Waals surface area contributed by atoms with Gasteiger partial charge in [0.2, 0.25) is 0 Å². The zero-order valence-electron chi connectivity index (χ0n) is 34.3. The predicted molar refractivity (Wildman–Crippen MR) is 218 cm³/mol. The summed E-state index contributed by atoms with van der Waals surface area (Å²) in [4.78, 5) is 49.1. The molecule has 2 aliphatic rings. The van der Waals surface area contributed by atoms with Gasteiger partial charge in [0.1, 0.15) is 17.2 Å². The van der Waals surface area contributed by atoms with Crippen molar-refractivity contribution in [1.29, 1.82) is 0 Å². The van der Waals surface area contributed by atoms with Crippen LogP contribution >= 0.6 is 0 Å². The summed E-state index contributed by atoms with van der Waals surface area (Å²) in [5.74, 6) is 2.69. The minimum Gasteiger partial charge on any atom is -0.494 e. The summed E-state index contributed by atoms with van der Waals surface area (Å²) in [6.45, 7) is 5.67. The van der Waals surface area contributed by atoms with Crippen molar-refractivity contribution in [2.24, 2.45) is 23.7 Å². The summed E-state index contributed by atoms with van der Waals surface area (Å²) >= 11 is 0. The molecule has 2 aromatic rings. The standard InChI is InChI=1S/C47H68O9/c1-3-5-11-14-36-15-17-37(18-16-36)38-19-21-39(22-20-38)46(50)55-42-27-29-43(30-28-42)56-47(51)40-23-25-41(26-24-40)52-34-12-9-7-8-10-13-35-54-45(49)32-31-44(48)53-33-6-4-2/h23-30,36-39H,3-22,31-35H2,1-2H3. The molecule has 0 unspecified atom stereocenters. The molecule has 56 heavy (non-hydrogen) atoms. The third-order valence-corrected chi connectivity index (χ3v) is 11.6. The van der Waals surface area contributed by atoms with Gasteiger partial charge in [0.25, 0.3) is 0 Å². The molecule has 310 valence electrons. The van der Waals surface area contributed by atoms with Crippen molar-refractivity contribution >= 4 is 23.9 Å². The fourth-order valence-corrected chi connectivity index (χ4v) is 8.05. The van der Waals surface area contributed by atoms with E-state index in [2.05, 4.69) is 6.92 Å². The first-order valence-electron chi connectivity index (χ1n) is 21.9. The zero-order chi connectivity index (χ0) is 39.8. The Hall–Kier alpha value is -3.88. The van der Waals surface area contributed by atoms with E-state index in [-0.39, 0.29) is 36.7 Å². The van der Waals surface area contributed by atoms with Gasteiger partial charge in [-0.15, -0.1) is 0 Å². The fourth-order valence-electron chi connectivity index (χ4n) is 8.05. The Balaban J connectivity index is 1.01. The number of hydrogen-bond acceptors (Lipinski definition) is 9. The number of rotatable bonds is 25. The summed E-state index contributed by atoms with van der Waals surface area (Å²) < 4.78 is 27.4. The number of carbonyl (C=O) groups excluding carboxylic acids is 4. The summed E-state index contributed by atoms with van der Waals surface area (Å²) in [6.07, 6.45) is 22.8. The maximum Gasteiger partial charge on any atom is 0.343 e. The third kappa shape index (κ3) is 17.1. The van der Waals surface area contributed by atoms with Gasteiger partial charge in [-0.3, -0.25) is 14.4 Å². The first-order chi connectivity index (χ1) is 27.3. The highest BCUT2D eigenvalue weighted by molar-refractivity contribution is 5.91. The second-order valence-electron chi connectivity index (χ2n) is 16.0. The lowest BCUT2D eigenvalue weighted by molar-refractivity contribution is -0.150. The molecule has 9 heteroatoms. The smallest absolute Gasteiger partial charge is 0.343 e. The Bertz CT molecular complexity index is 1420. The number of carbonyl (C=O) groups is 4. The first kappa shape index (κ1) is 44.8. The highest BCUT2D eigenvalue weighted by atomic mass is 16.5. The Kier molecular flexibility index (Phi) is 20.9. The molecule has 0 aromatic heterocycles. The zero-order valence-corrected chi connectivity index (χ0v) is 34.3. The van der Waals surface area contributed by atoms with Crippen molar-refractivity contribution in [3.05, 3.63) is 54.1 Å². The van der Waals surface area contributed by atoms with Crippen LogP contribution in [-0.2, 0) is 23.9 Å². The van der Waals surface area contributed by atoms with Gasteiger partial charge in [0, 0.05) is 0 Å². The van der Waals surface area contributed by atoms with Gasteiger partial charge in [-0.05, 0) is 124 Å². The normalized spacial score (nSPS) is 19.5. The summed E-state index contributed by atoms with van der Waals surface area (Å²) in [5.41, 5.74) is 0.416. The lowest BCUT2D eigenvalue weighted by atomic mass is 9.68. The minimum absolute atomic E-state index is 0.0463. The molecule has 0 N–H and O–H groups in total. The van der Waals surface area contributed by atoms with E-state index in [1.807, 2.05) is 6.92 Å². The highest BCUT2D eigenvalue weighted by Gasteiger charge is 2.33. The van der Waals surface area contributed by atoms with E-state index in [0.717, 1.165) is 94.8 Å². The molecule has 0 atom stereocenters. The van der Waals surface area contributed by atoms with Crippen molar-refractivity contribution in [3.63, 3.8) is 0 Å². The first-order valence-corrected chi connectivity index (χ1v) is 21.9. The van der Waals surface area contributed by atoms with Gasteiger partial charge in [0.15, 0.2) is 0 Å². The van der Waals surface area contributed by atoms with Crippen molar-refractivity contribution in [3.8, 4) is 17.2 Å². The molecule has 9 nitrogen and oxygen atoms in total. The largest absolute Gasteiger partial charge is 0.494 e. The van der Waals surface area contributed by atoms with Crippen LogP contribution < -0.4 is 14.2 Å². The molecule has 0 spiro atoms. The lowest BCUT2D eigenvalue weighted by Crippen LogP contribution is -2.30. The van der Waals surface area contributed by atoms with Gasteiger partial charge in [-0.1, -0.05) is 84.5 Å². The maximum absolute atomic E-state index is 13.0. The third-order valence-electron chi connectivity index (χ3n) is 11.6. The molecular formula is C47H68O9. The van der Waals surface area contributed by atoms with Gasteiger partial charge >= 0.3 is 23.9 Å². The molecule has 2 saturated carbocycles. The molecule has 0 aliphatic heterocycles. The molecule has 2 aromatic carbocycles. The van der Waals surface area contributed by atoms with Gasteiger partial charge < -0.3 is 23.7 Å². The monoisotopic (exact) mass is 776 g/mol. The van der Waals surface area contributed by atoms with E-state index in [0.29, 0.717) is 42.6 Å². The van der Waals surface area contributed by atoms with E-state index < -0.39 is 5.97 Å². The second kappa shape index (κ2) is 26.1. The summed E-state index contributed by atoms with van der Waals surface area (Å²) in [5, 5.41) is 0. The Morgan fingerprint density at radius 1 is 0.518 bits per heavy atom. The molecule has 0 radical (unpaired) electrons. The molecule has 0 saturated heterocycles. The van der Waals surface area contributed by atoms with Crippen molar-refractivity contribution in [1.82, 2.24) is 0 Å². The number of benzene rings is 2. The van der Waals surface area contributed by atoms with Crippen molar-refractivity contribution < 1.29 is 42.9 Å². The van der Waals surface area contributed by atoms with Crippen LogP contribution in [-0.4, -0.2) is 43.7 Å². The Labute approximate surface area is 335 Å². The van der Waals surface area contributed by atoms with Gasteiger partial charge in [-0.2, -0.15) is 0 Å². The van der Waals surface area contributed by atoms with Gasteiger partial charge in [0.05, 0.1) is 44.1 Å². The SMILES string of the molecule is CCCCCC1CCC(C2CCC(C(=O)Oc3ccc(OC(=O)c4ccc(OCCCCCCCCOC(=O)CCC(=O)OCCCC)cc4)cc3)CC2)CC1. The molecule has 0 bridgehead atoms. The number of hydrogen-bond donors (Lipinski definition) is 0. The van der Waals surface area contributed by atoms with Crippen LogP contribution in [0.15, 0.2) is 48.5 Å². The van der Waals surface area contributed by atoms with Crippen molar-refractivity contribution in [2.75, 3.05) is 19.8 Å². The van der Waals surface area contributed by atoms with Crippen molar-refractivity contribution in [2.45, 2.75) is 155 Å². The number of unbranched alkanes of at least 4 members (excludes halogenated alkanes) is 8. The van der Waals surface area contributed by atoms with Crippen LogP contribution in [0.25, 0.3) is 0 Å². The number of esters is 4. The quantitative estimate of drug-likeness (QED) is 0.0552. The molecule has 0 amide bonds. The molecular weight excluding hydrogens is 709 g/mol. The lowest BCUT2D eigenvalue weighted by Gasteiger charge is -2.37. The second-order valence-corrected chi connectivity index (χ2v) is 16.0. The molecule has 0 heterocycles. The van der Waals surface area contributed by atoms with Crippen LogP contribution in [0.2, 0.25) is 0 Å². The molecule has 4 rings (SSSR count). The minimum atomic E-state index is -0.472. The average molecular weight is 777 g/mol. The van der Waals surface area contributed by atoms with Crippen LogP contribution in [0.3, 0.4) is 0 Å². The molecule has 2 aliphatic carbocycles. The Morgan fingerprint density at radius 2 is 1.02 bits per heavy atom.